The van der Waals surface area contributed by atoms with E-state index in [1.54, 1.807) is 18.2 Å². The number of hydrogen-bond acceptors (Lipinski definition) is 3. The fourth-order valence-electron chi connectivity index (χ4n) is 1.93. The van der Waals surface area contributed by atoms with E-state index in [9.17, 15) is 9.50 Å². The van der Waals surface area contributed by atoms with E-state index in [1.165, 1.54) is 12.1 Å². The number of hydrogen-bond donors (Lipinski definition) is 2. The molecule has 20 heavy (non-hydrogen) atoms. The van der Waals surface area contributed by atoms with Gasteiger partial charge in [0.05, 0.1) is 17.7 Å². The first-order valence-corrected chi connectivity index (χ1v) is 6.33. The van der Waals surface area contributed by atoms with Crippen molar-refractivity contribution in [3.63, 3.8) is 0 Å². The predicted molar refractivity (Wildman–Crippen MR) is 74.2 cm³/mol. The zero-order valence-corrected chi connectivity index (χ0v) is 10.9. The van der Waals surface area contributed by atoms with Crippen molar-refractivity contribution in [2.75, 3.05) is 6.54 Å². The van der Waals surface area contributed by atoms with Gasteiger partial charge in [-0.25, -0.2) is 4.39 Å². The minimum Gasteiger partial charge on any atom is -0.387 e. The Hall–Kier alpha value is -2.22. The monoisotopic (exact) mass is 270 g/mol. The van der Waals surface area contributed by atoms with Gasteiger partial charge in [0, 0.05) is 13.1 Å². The van der Waals surface area contributed by atoms with Crippen LogP contribution in [-0.2, 0) is 6.54 Å². The molecular formula is C16H15FN2O. The quantitative estimate of drug-likeness (QED) is 0.877. The second kappa shape index (κ2) is 6.80. The van der Waals surface area contributed by atoms with E-state index in [4.69, 9.17) is 5.26 Å². The van der Waals surface area contributed by atoms with Crippen molar-refractivity contribution in [1.29, 1.82) is 5.26 Å². The summed E-state index contributed by atoms with van der Waals surface area (Å²) < 4.78 is 12.8. The molecule has 0 aliphatic heterocycles. The smallest absolute Gasteiger partial charge is 0.123 e. The maximum absolute atomic E-state index is 12.8. The van der Waals surface area contributed by atoms with Crippen LogP contribution < -0.4 is 5.32 Å². The normalized spacial score (nSPS) is 11.8. The first-order valence-electron chi connectivity index (χ1n) is 6.33. The molecule has 2 N–H and O–H groups in total. The van der Waals surface area contributed by atoms with Gasteiger partial charge in [-0.1, -0.05) is 30.3 Å². The second-order valence-corrected chi connectivity index (χ2v) is 4.47. The number of rotatable bonds is 5. The van der Waals surface area contributed by atoms with Gasteiger partial charge >= 0.3 is 0 Å². The van der Waals surface area contributed by atoms with E-state index in [2.05, 4.69) is 11.4 Å². The van der Waals surface area contributed by atoms with Crippen molar-refractivity contribution in [2.45, 2.75) is 12.6 Å². The van der Waals surface area contributed by atoms with Crippen LogP contribution in [0.25, 0.3) is 0 Å². The van der Waals surface area contributed by atoms with Crippen LogP contribution in [0, 0.1) is 17.1 Å². The minimum absolute atomic E-state index is 0.322. The molecule has 0 fully saturated rings. The van der Waals surface area contributed by atoms with Crippen molar-refractivity contribution in [3.8, 4) is 6.07 Å². The number of aliphatic hydroxyl groups excluding tert-OH is 1. The number of nitrogens with one attached hydrogen (secondary N) is 1. The van der Waals surface area contributed by atoms with E-state index in [-0.39, 0.29) is 5.82 Å². The van der Waals surface area contributed by atoms with Crippen molar-refractivity contribution >= 4 is 0 Å². The molecule has 0 spiro atoms. The van der Waals surface area contributed by atoms with E-state index >= 15 is 0 Å². The van der Waals surface area contributed by atoms with Crippen molar-refractivity contribution in [3.05, 3.63) is 71.0 Å². The van der Waals surface area contributed by atoms with Gasteiger partial charge in [0.15, 0.2) is 0 Å². The molecule has 1 atom stereocenters. The summed E-state index contributed by atoms with van der Waals surface area (Å²) in [7, 11) is 0. The molecule has 0 bridgehead atoms. The van der Waals surface area contributed by atoms with Crippen LogP contribution in [0.1, 0.15) is 22.8 Å². The lowest BCUT2D eigenvalue weighted by Gasteiger charge is -2.12. The average Bonchev–Trinajstić information content (AvgIpc) is 2.48. The molecule has 0 aliphatic rings. The molecule has 3 nitrogen and oxygen atoms in total. The van der Waals surface area contributed by atoms with Gasteiger partial charge in [-0.3, -0.25) is 0 Å². The van der Waals surface area contributed by atoms with Gasteiger partial charge in [0.1, 0.15) is 5.82 Å². The van der Waals surface area contributed by atoms with Crippen LogP contribution >= 0.6 is 0 Å². The average molecular weight is 270 g/mol. The number of halogens is 1. The first kappa shape index (κ1) is 14.2. The summed E-state index contributed by atoms with van der Waals surface area (Å²) >= 11 is 0. The van der Waals surface area contributed by atoms with Gasteiger partial charge in [-0.2, -0.15) is 5.26 Å². The summed E-state index contributed by atoms with van der Waals surface area (Å²) in [5, 5.41) is 22.0. The summed E-state index contributed by atoms with van der Waals surface area (Å²) in [5.74, 6) is -0.322. The van der Waals surface area contributed by atoms with E-state index in [0.717, 1.165) is 5.56 Å². The molecule has 4 heteroatoms. The maximum atomic E-state index is 12.8. The third-order valence-electron chi connectivity index (χ3n) is 3.05. The number of nitriles is 1. The van der Waals surface area contributed by atoms with Crippen molar-refractivity contribution < 1.29 is 9.50 Å². The summed E-state index contributed by atoms with van der Waals surface area (Å²) in [5.41, 5.74) is 2.17. The molecule has 0 aliphatic carbocycles. The predicted octanol–water partition coefficient (Wildman–Crippen LogP) is 2.52. The van der Waals surface area contributed by atoms with Crippen LogP contribution in [0.5, 0.6) is 0 Å². The van der Waals surface area contributed by atoms with Crippen LogP contribution in [0.2, 0.25) is 0 Å². The molecule has 1 unspecified atom stereocenters. The summed E-state index contributed by atoms with van der Waals surface area (Å²) in [4.78, 5) is 0. The molecule has 2 rings (SSSR count). The highest BCUT2D eigenvalue weighted by Crippen LogP contribution is 2.13. The Labute approximate surface area is 117 Å². The SMILES string of the molecule is N#Cc1ccccc1CNCC(O)c1ccc(F)cc1. The topological polar surface area (TPSA) is 56.0 Å². The molecule has 0 saturated heterocycles. The lowest BCUT2D eigenvalue weighted by atomic mass is 10.1. The van der Waals surface area contributed by atoms with Crippen LogP contribution in [0.15, 0.2) is 48.5 Å². The highest BCUT2D eigenvalue weighted by atomic mass is 19.1. The van der Waals surface area contributed by atoms with E-state index in [1.807, 2.05) is 18.2 Å². The van der Waals surface area contributed by atoms with Gasteiger partial charge in [0.2, 0.25) is 0 Å². The Morgan fingerprint density at radius 1 is 1.15 bits per heavy atom. The maximum Gasteiger partial charge on any atom is 0.123 e. The third kappa shape index (κ3) is 3.64. The van der Waals surface area contributed by atoms with Crippen LogP contribution in [0.4, 0.5) is 4.39 Å². The second-order valence-electron chi connectivity index (χ2n) is 4.47. The van der Waals surface area contributed by atoms with E-state index < -0.39 is 6.10 Å². The minimum atomic E-state index is -0.704. The Bertz CT molecular complexity index is 605. The highest BCUT2D eigenvalue weighted by molar-refractivity contribution is 5.37. The van der Waals surface area contributed by atoms with Crippen LogP contribution in [-0.4, -0.2) is 11.7 Å². The van der Waals surface area contributed by atoms with E-state index in [0.29, 0.717) is 24.2 Å². The molecule has 102 valence electrons. The van der Waals surface area contributed by atoms with Gasteiger partial charge in [-0.05, 0) is 29.3 Å². The molecule has 0 saturated carbocycles. The highest BCUT2D eigenvalue weighted by Gasteiger charge is 2.07. The first-order chi connectivity index (χ1) is 9.70. The third-order valence-corrected chi connectivity index (χ3v) is 3.05. The Balaban J connectivity index is 1.90. The molecule has 0 amide bonds. The standard InChI is InChI=1S/C16H15FN2O/c17-15-7-5-12(6-8-15)16(20)11-19-10-14-4-2-1-3-13(14)9-18/h1-8,16,19-20H,10-11H2. The number of nitrogens with zero attached hydrogens (tertiary/aromatic N) is 1. The van der Waals surface area contributed by atoms with Gasteiger partial charge < -0.3 is 10.4 Å². The summed E-state index contributed by atoms with van der Waals surface area (Å²) in [6.45, 7) is 0.841. The molecule has 0 heterocycles. The number of benzene rings is 2. The Morgan fingerprint density at radius 3 is 2.55 bits per heavy atom. The lowest BCUT2D eigenvalue weighted by Crippen LogP contribution is -2.21. The summed E-state index contributed by atoms with van der Waals surface area (Å²) in [6.07, 6.45) is -0.704. The van der Waals surface area contributed by atoms with Crippen molar-refractivity contribution in [1.82, 2.24) is 5.32 Å². The Kier molecular flexibility index (Phi) is 4.83. The van der Waals surface area contributed by atoms with Gasteiger partial charge in [-0.15, -0.1) is 0 Å². The fraction of sp³-hybridized carbons (Fsp3) is 0.188. The zero-order valence-electron chi connectivity index (χ0n) is 10.9. The summed E-state index contributed by atoms with van der Waals surface area (Å²) in [6, 6.07) is 15.2. The van der Waals surface area contributed by atoms with Gasteiger partial charge in [0.25, 0.3) is 0 Å². The number of aliphatic hydroxyl groups is 1. The largest absolute Gasteiger partial charge is 0.387 e. The van der Waals surface area contributed by atoms with Crippen molar-refractivity contribution in [2.24, 2.45) is 0 Å². The van der Waals surface area contributed by atoms with Crippen LogP contribution in [0.3, 0.4) is 0 Å². The molecule has 2 aromatic carbocycles. The molecule has 0 radical (unpaired) electrons. The molecule has 0 aromatic heterocycles. The lowest BCUT2D eigenvalue weighted by molar-refractivity contribution is 0.174. The molecular weight excluding hydrogens is 255 g/mol. The zero-order chi connectivity index (χ0) is 14.4. The fourth-order valence-corrected chi connectivity index (χ4v) is 1.93. The Morgan fingerprint density at radius 2 is 1.85 bits per heavy atom. The molecule has 2 aromatic rings.